The van der Waals surface area contributed by atoms with Crippen LogP contribution in [0.4, 0.5) is 0 Å². The molecule has 21 heavy (non-hydrogen) atoms. The highest BCUT2D eigenvalue weighted by Gasteiger charge is 2.22. The van der Waals surface area contributed by atoms with Gasteiger partial charge in [0.25, 0.3) is 0 Å². The standard InChI is InChI=1S/C17H26N2O2/c1-18-10-7-15-8-11-19(12-9-15)17(20)14-21-13-16-5-3-2-4-6-16/h2-6,15,18H,7-14H2,1H3. The highest BCUT2D eigenvalue weighted by molar-refractivity contribution is 5.77. The third-order valence-corrected chi connectivity index (χ3v) is 4.11. The first-order valence-corrected chi connectivity index (χ1v) is 7.83. The van der Waals surface area contributed by atoms with Crippen molar-refractivity contribution in [2.24, 2.45) is 5.92 Å². The van der Waals surface area contributed by atoms with Crippen LogP contribution in [0, 0.1) is 5.92 Å². The van der Waals surface area contributed by atoms with E-state index in [2.05, 4.69) is 5.32 Å². The summed E-state index contributed by atoms with van der Waals surface area (Å²) in [5.41, 5.74) is 1.11. The molecule has 0 atom stereocenters. The summed E-state index contributed by atoms with van der Waals surface area (Å²) in [6.45, 7) is 3.52. The molecule has 4 heteroatoms. The number of amides is 1. The third kappa shape index (κ3) is 5.48. The molecule has 1 aromatic rings. The highest BCUT2D eigenvalue weighted by atomic mass is 16.5. The zero-order valence-electron chi connectivity index (χ0n) is 12.9. The molecule has 0 spiro atoms. The van der Waals surface area contributed by atoms with Crippen molar-refractivity contribution in [2.45, 2.75) is 25.9 Å². The number of carbonyl (C=O) groups excluding carboxylic acids is 1. The number of hydrogen-bond acceptors (Lipinski definition) is 3. The van der Waals surface area contributed by atoms with Gasteiger partial charge in [-0.05, 0) is 44.3 Å². The SMILES string of the molecule is CNCCC1CCN(C(=O)COCc2ccccc2)CC1. The molecule has 0 unspecified atom stereocenters. The summed E-state index contributed by atoms with van der Waals surface area (Å²) in [7, 11) is 1.99. The van der Waals surface area contributed by atoms with Crippen molar-refractivity contribution >= 4 is 5.91 Å². The van der Waals surface area contributed by atoms with Gasteiger partial charge in [0.1, 0.15) is 6.61 Å². The van der Waals surface area contributed by atoms with Crippen LogP contribution in [0.25, 0.3) is 0 Å². The van der Waals surface area contributed by atoms with Gasteiger partial charge in [0, 0.05) is 13.1 Å². The van der Waals surface area contributed by atoms with Crippen LogP contribution in [0.5, 0.6) is 0 Å². The maximum atomic E-state index is 12.1. The number of piperidine rings is 1. The molecule has 1 aliphatic heterocycles. The molecule has 2 rings (SSSR count). The minimum Gasteiger partial charge on any atom is -0.367 e. The Morgan fingerprint density at radius 3 is 2.67 bits per heavy atom. The summed E-state index contributed by atoms with van der Waals surface area (Å²) >= 11 is 0. The number of hydrogen-bond donors (Lipinski definition) is 1. The van der Waals surface area contributed by atoms with Gasteiger partial charge in [0.2, 0.25) is 5.91 Å². The van der Waals surface area contributed by atoms with E-state index in [0.29, 0.717) is 6.61 Å². The highest BCUT2D eigenvalue weighted by Crippen LogP contribution is 2.20. The number of benzene rings is 1. The van der Waals surface area contributed by atoms with Crippen LogP contribution in [0.2, 0.25) is 0 Å². The summed E-state index contributed by atoms with van der Waals surface area (Å²) in [4.78, 5) is 14.0. The number of likely N-dealkylation sites (tertiary alicyclic amines) is 1. The fraction of sp³-hybridized carbons (Fsp3) is 0.588. The number of nitrogens with zero attached hydrogens (tertiary/aromatic N) is 1. The summed E-state index contributed by atoms with van der Waals surface area (Å²) in [6.07, 6.45) is 3.45. The molecule has 1 N–H and O–H groups in total. The smallest absolute Gasteiger partial charge is 0.248 e. The van der Waals surface area contributed by atoms with Crippen LogP contribution < -0.4 is 5.32 Å². The molecule has 0 saturated carbocycles. The van der Waals surface area contributed by atoms with E-state index >= 15 is 0 Å². The zero-order valence-corrected chi connectivity index (χ0v) is 12.9. The van der Waals surface area contributed by atoms with Crippen LogP contribution in [0.15, 0.2) is 30.3 Å². The van der Waals surface area contributed by atoms with Gasteiger partial charge in [-0.15, -0.1) is 0 Å². The van der Waals surface area contributed by atoms with E-state index in [-0.39, 0.29) is 12.5 Å². The van der Waals surface area contributed by atoms with E-state index < -0.39 is 0 Å². The Bertz CT molecular complexity index is 414. The average Bonchev–Trinajstić information content (AvgIpc) is 2.54. The fourth-order valence-corrected chi connectivity index (χ4v) is 2.74. The lowest BCUT2D eigenvalue weighted by Gasteiger charge is -2.32. The summed E-state index contributed by atoms with van der Waals surface area (Å²) < 4.78 is 5.53. The van der Waals surface area contributed by atoms with E-state index in [0.717, 1.165) is 44.0 Å². The summed E-state index contributed by atoms with van der Waals surface area (Å²) in [5.74, 6) is 0.879. The maximum absolute atomic E-state index is 12.1. The predicted molar refractivity (Wildman–Crippen MR) is 83.9 cm³/mol. The van der Waals surface area contributed by atoms with Gasteiger partial charge >= 0.3 is 0 Å². The molecular formula is C17H26N2O2. The average molecular weight is 290 g/mol. The van der Waals surface area contributed by atoms with Crippen molar-refractivity contribution in [1.29, 1.82) is 0 Å². The summed E-state index contributed by atoms with van der Waals surface area (Å²) in [5, 5.41) is 3.19. The molecule has 0 aliphatic carbocycles. The van der Waals surface area contributed by atoms with Crippen LogP contribution in [-0.2, 0) is 16.1 Å². The van der Waals surface area contributed by atoms with Gasteiger partial charge in [-0.3, -0.25) is 4.79 Å². The van der Waals surface area contributed by atoms with Crippen LogP contribution in [0.1, 0.15) is 24.8 Å². The van der Waals surface area contributed by atoms with Gasteiger partial charge in [-0.1, -0.05) is 30.3 Å². The Morgan fingerprint density at radius 2 is 2.00 bits per heavy atom. The first kappa shape index (κ1) is 16.0. The number of nitrogens with one attached hydrogen (secondary N) is 1. The second-order valence-corrected chi connectivity index (χ2v) is 5.69. The Balaban J connectivity index is 1.63. The van der Waals surface area contributed by atoms with Crippen LogP contribution >= 0.6 is 0 Å². The van der Waals surface area contributed by atoms with E-state index in [1.807, 2.05) is 42.3 Å². The number of rotatable bonds is 7. The molecule has 1 fully saturated rings. The van der Waals surface area contributed by atoms with Crippen molar-refractivity contribution in [1.82, 2.24) is 10.2 Å². The Hall–Kier alpha value is -1.39. The molecule has 1 saturated heterocycles. The first-order valence-electron chi connectivity index (χ1n) is 7.83. The quantitative estimate of drug-likeness (QED) is 0.835. The maximum Gasteiger partial charge on any atom is 0.248 e. The normalized spacial score (nSPS) is 16.1. The molecule has 1 heterocycles. The molecule has 0 bridgehead atoms. The first-order chi connectivity index (χ1) is 10.3. The molecule has 1 aliphatic rings. The lowest BCUT2D eigenvalue weighted by molar-refractivity contribution is -0.138. The second kappa shape index (κ2) is 8.80. The van der Waals surface area contributed by atoms with E-state index in [4.69, 9.17) is 4.74 Å². The van der Waals surface area contributed by atoms with Gasteiger partial charge in [-0.2, -0.15) is 0 Å². The van der Waals surface area contributed by atoms with Crippen molar-refractivity contribution in [2.75, 3.05) is 33.3 Å². The minimum atomic E-state index is 0.123. The van der Waals surface area contributed by atoms with Gasteiger partial charge in [0.15, 0.2) is 0 Å². The Morgan fingerprint density at radius 1 is 1.29 bits per heavy atom. The predicted octanol–water partition coefficient (Wildman–Crippen LogP) is 2.05. The topological polar surface area (TPSA) is 41.6 Å². The Labute approximate surface area is 127 Å². The van der Waals surface area contributed by atoms with Crippen molar-refractivity contribution in [3.05, 3.63) is 35.9 Å². The number of ether oxygens (including phenoxy) is 1. The van der Waals surface area contributed by atoms with Crippen LogP contribution in [0.3, 0.4) is 0 Å². The second-order valence-electron chi connectivity index (χ2n) is 5.69. The minimum absolute atomic E-state index is 0.123. The third-order valence-electron chi connectivity index (χ3n) is 4.11. The molecule has 116 valence electrons. The zero-order chi connectivity index (χ0) is 14.9. The van der Waals surface area contributed by atoms with E-state index in [9.17, 15) is 4.79 Å². The van der Waals surface area contributed by atoms with Gasteiger partial charge in [0.05, 0.1) is 6.61 Å². The van der Waals surface area contributed by atoms with Crippen molar-refractivity contribution < 1.29 is 9.53 Å². The molecule has 1 amide bonds. The van der Waals surface area contributed by atoms with E-state index in [1.54, 1.807) is 0 Å². The largest absolute Gasteiger partial charge is 0.367 e. The lowest BCUT2D eigenvalue weighted by Crippen LogP contribution is -2.40. The Kier molecular flexibility index (Phi) is 6.70. The van der Waals surface area contributed by atoms with E-state index in [1.165, 1.54) is 6.42 Å². The van der Waals surface area contributed by atoms with Crippen LogP contribution in [-0.4, -0.2) is 44.1 Å². The molecule has 0 radical (unpaired) electrons. The fourth-order valence-electron chi connectivity index (χ4n) is 2.74. The molecule has 4 nitrogen and oxygen atoms in total. The van der Waals surface area contributed by atoms with Crippen molar-refractivity contribution in [3.63, 3.8) is 0 Å². The van der Waals surface area contributed by atoms with Crippen molar-refractivity contribution in [3.8, 4) is 0 Å². The molecular weight excluding hydrogens is 264 g/mol. The monoisotopic (exact) mass is 290 g/mol. The van der Waals surface area contributed by atoms with Gasteiger partial charge in [-0.25, -0.2) is 0 Å². The van der Waals surface area contributed by atoms with Gasteiger partial charge < -0.3 is 15.0 Å². The molecule has 1 aromatic carbocycles. The summed E-state index contributed by atoms with van der Waals surface area (Å²) in [6, 6.07) is 9.97. The number of carbonyl (C=O) groups is 1. The lowest BCUT2D eigenvalue weighted by atomic mass is 9.93. The molecule has 0 aromatic heterocycles.